The summed E-state index contributed by atoms with van der Waals surface area (Å²) in [5, 5.41) is 3.38. The van der Waals surface area contributed by atoms with Gasteiger partial charge in [0.05, 0.1) is 10.6 Å². The van der Waals surface area contributed by atoms with Gasteiger partial charge >= 0.3 is 0 Å². The Hall–Kier alpha value is -4.21. The maximum absolute atomic E-state index is 15.2. The van der Waals surface area contributed by atoms with E-state index in [4.69, 9.17) is 11.6 Å². The van der Waals surface area contributed by atoms with Crippen LogP contribution in [0.2, 0.25) is 5.02 Å². The van der Waals surface area contributed by atoms with Crippen LogP contribution in [0, 0.1) is 18.7 Å². The molecule has 2 amide bonds. The van der Waals surface area contributed by atoms with E-state index >= 15 is 4.39 Å². The summed E-state index contributed by atoms with van der Waals surface area (Å²) in [6.07, 6.45) is 0.168. The summed E-state index contributed by atoms with van der Waals surface area (Å²) in [6, 6.07) is 26.6. The molecule has 0 aliphatic carbocycles. The molecule has 1 N–H and O–H groups in total. The average molecular weight is 650 g/mol. The quantitative estimate of drug-likeness (QED) is 0.182. The van der Waals surface area contributed by atoms with Crippen LogP contribution in [0.15, 0.2) is 108 Å². The van der Waals surface area contributed by atoms with Gasteiger partial charge in [0.2, 0.25) is 11.8 Å². The minimum absolute atomic E-state index is 0.0400. The lowest BCUT2D eigenvalue weighted by molar-refractivity contribution is -0.140. The highest BCUT2D eigenvalue weighted by Gasteiger charge is 2.35. The highest BCUT2D eigenvalue weighted by atomic mass is 35.5. The first-order valence-electron chi connectivity index (χ1n) is 14.6. The average Bonchev–Trinajstić information content (AvgIpc) is 3.01. The number of nitrogens with one attached hydrogen (secondary N) is 1. The van der Waals surface area contributed by atoms with E-state index in [1.54, 1.807) is 36.4 Å². The third-order valence-corrected chi connectivity index (χ3v) is 9.22. The summed E-state index contributed by atoms with van der Waals surface area (Å²) in [5.74, 6) is -1.73. The minimum atomic E-state index is -4.40. The van der Waals surface area contributed by atoms with Crippen molar-refractivity contribution in [1.82, 2.24) is 10.2 Å². The fourth-order valence-corrected chi connectivity index (χ4v) is 6.45. The number of halogens is 2. The first-order valence-corrected chi connectivity index (χ1v) is 16.5. The molecule has 0 aliphatic heterocycles. The van der Waals surface area contributed by atoms with Crippen LogP contribution in [0.25, 0.3) is 0 Å². The van der Waals surface area contributed by atoms with Crippen molar-refractivity contribution in [2.24, 2.45) is 5.92 Å². The molecule has 0 aromatic heterocycles. The summed E-state index contributed by atoms with van der Waals surface area (Å²) >= 11 is 6.27. The van der Waals surface area contributed by atoms with Gasteiger partial charge in [-0.05, 0) is 60.4 Å². The Labute approximate surface area is 269 Å². The van der Waals surface area contributed by atoms with Crippen molar-refractivity contribution < 1.29 is 22.4 Å². The molecule has 4 rings (SSSR count). The molecule has 0 fully saturated rings. The first kappa shape index (κ1) is 33.7. The highest BCUT2D eigenvalue weighted by Crippen LogP contribution is 2.27. The predicted molar refractivity (Wildman–Crippen MR) is 176 cm³/mol. The maximum atomic E-state index is 15.2. The van der Waals surface area contributed by atoms with Crippen LogP contribution in [0.3, 0.4) is 0 Å². The van der Waals surface area contributed by atoms with E-state index in [9.17, 15) is 18.0 Å². The molecule has 236 valence electrons. The molecule has 0 heterocycles. The van der Waals surface area contributed by atoms with E-state index in [1.807, 2.05) is 51.1 Å². The van der Waals surface area contributed by atoms with E-state index in [1.165, 1.54) is 35.2 Å². The summed E-state index contributed by atoms with van der Waals surface area (Å²) in [5.41, 5.74) is 2.01. The second-order valence-corrected chi connectivity index (χ2v) is 13.6. The molecular formula is C35H37ClFN3O4S. The second-order valence-electron chi connectivity index (χ2n) is 11.3. The Bertz CT molecular complexity index is 1720. The number of anilines is 1. The van der Waals surface area contributed by atoms with Crippen LogP contribution < -0.4 is 9.62 Å². The van der Waals surface area contributed by atoms with Crippen LogP contribution in [0.5, 0.6) is 0 Å². The van der Waals surface area contributed by atoms with E-state index in [0.29, 0.717) is 17.1 Å². The second kappa shape index (κ2) is 15.2. The molecule has 1 atom stereocenters. The van der Waals surface area contributed by atoms with Crippen molar-refractivity contribution >= 4 is 39.1 Å². The van der Waals surface area contributed by atoms with Gasteiger partial charge in [0.15, 0.2) is 0 Å². The molecule has 0 saturated carbocycles. The van der Waals surface area contributed by atoms with Crippen LogP contribution in [-0.2, 0) is 32.6 Å². The molecule has 0 radical (unpaired) electrons. The largest absolute Gasteiger partial charge is 0.354 e. The van der Waals surface area contributed by atoms with E-state index in [0.717, 1.165) is 21.5 Å². The van der Waals surface area contributed by atoms with Crippen molar-refractivity contribution in [1.29, 1.82) is 0 Å². The number of carbonyl (C=O) groups excluding carboxylic acids is 2. The van der Waals surface area contributed by atoms with Gasteiger partial charge in [-0.25, -0.2) is 12.8 Å². The zero-order valence-electron chi connectivity index (χ0n) is 25.5. The molecule has 7 nitrogen and oxygen atoms in total. The van der Waals surface area contributed by atoms with Gasteiger partial charge in [0, 0.05) is 24.5 Å². The van der Waals surface area contributed by atoms with Gasteiger partial charge in [-0.3, -0.25) is 13.9 Å². The van der Waals surface area contributed by atoms with E-state index in [-0.39, 0.29) is 35.4 Å². The van der Waals surface area contributed by atoms with Gasteiger partial charge in [-0.2, -0.15) is 0 Å². The minimum Gasteiger partial charge on any atom is -0.354 e. The molecule has 0 bridgehead atoms. The molecule has 4 aromatic rings. The Morgan fingerprint density at radius 2 is 1.51 bits per heavy atom. The number of amides is 2. The molecular weight excluding hydrogens is 613 g/mol. The van der Waals surface area contributed by atoms with Crippen molar-refractivity contribution in [3.05, 3.63) is 131 Å². The molecule has 10 heteroatoms. The monoisotopic (exact) mass is 649 g/mol. The zero-order valence-corrected chi connectivity index (χ0v) is 27.1. The topological polar surface area (TPSA) is 86.8 Å². The Morgan fingerprint density at radius 1 is 0.867 bits per heavy atom. The van der Waals surface area contributed by atoms with Crippen LogP contribution in [0.1, 0.15) is 30.5 Å². The Kier molecular flexibility index (Phi) is 11.4. The zero-order chi connectivity index (χ0) is 32.6. The molecule has 0 saturated heterocycles. The number of para-hydroxylation sites is 1. The summed E-state index contributed by atoms with van der Waals surface area (Å²) < 4.78 is 44.0. The number of nitrogens with zero attached hydrogens (tertiary/aromatic N) is 2. The summed E-state index contributed by atoms with van der Waals surface area (Å²) in [6.45, 7) is 5.33. The summed E-state index contributed by atoms with van der Waals surface area (Å²) in [7, 11) is -4.40. The molecule has 0 aliphatic rings. The lowest BCUT2D eigenvalue weighted by atomic mass is 10.0. The van der Waals surface area contributed by atoms with Crippen LogP contribution in [-0.4, -0.2) is 44.3 Å². The fourth-order valence-electron chi connectivity index (χ4n) is 4.81. The van der Waals surface area contributed by atoms with Gasteiger partial charge in [-0.15, -0.1) is 0 Å². The van der Waals surface area contributed by atoms with Crippen molar-refractivity contribution in [2.45, 2.75) is 44.7 Å². The highest BCUT2D eigenvalue weighted by molar-refractivity contribution is 7.92. The van der Waals surface area contributed by atoms with Crippen molar-refractivity contribution in [3.8, 4) is 0 Å². The SMILES string of the molecule is Cc1ccc(S(=O)(=O)N(CC(=O)N(Cc2cccc(Cl)c2)[C@@H](Cc2ccccc2)C(=O)NCC(C)C)c2ccccc2F)cc1. The molecule has 0 spiro atoms. The number of aryl methyl sites for hydroxylation is 1. The number of benzene rings is 4. The van der Waals surface area contributed by atoms with Crippen LogP contribution in [0.4, 0.5) is 10.1 Å². The first-order chi connectivity index (χ1) is 21.5. The number of hydrogen-bond donors (Lipinski definition) is 1. The Morgan fingerprint density at radius 3 is 2.16 bits per heavy atom. The molecule has 4 aromatic carbocycles. The standard InChI is InChI=1S/C35H37ClFN3O4S/c1-25(2)22-38-35(42)33(21-27-10-5-4-6-11-27)39(23-28-12-9-13-29(36)20-28)34(41)24-40(32-15-8-7-14-31(32)37)45(43,44)30-18-16-26(3)17-19-30/h4-20,25,33H,21-24H2,1-3H3,(H,38,42)/t33-/m0/s1. The smallest absolute Gasteiger partial charge is 0.264 e. The van der Waals surface area contributed by atoms with Crippen molar-refractivity contribution in [3.63, 3.8) is 0 Å². The Balaban J connectivity index is 1.81. The third-order valence-electron chi connectivity index (χ3n) is 7.21. The van der Waals surface area contributed by atoms with E-state index < -0.39 is 34.3 Å². The lowest BCUT2D eigenvalue weighted by Crippen LogP contribution is -2.53. The normalized spacial score (nSPS) is 12.0. The maximum Gasteiger partial charge on any atom is 0.264 e. The van der Waals surface area contributed by atoms with Gasteiger partial charge in [-0.1, -0.05) is 97.7 Å². The van der Waals surface area contributed by atoms with Crippen LogP contribution >= 0.6 is 11.6 Å². The third kappa shape index (κ3) is 8.93. The number of rotatable bonds is 13. The van der Waals surface area contributed by atoms with Gasteiger partial charge < -0.3 is 10.2 Å². The predicted octanol–water partition coefficient (Wildman–Crippen LogP) is 6.40. The summed E-state index contributed by atoms with van der Waals surface area (Å²) in [4.78, 5) is 29.5. The number of carbonyl (C=O) groups is 2. The fraction of sp³-hybridized carbons (Fsp3) is 0.257. The number of sulfonamides is 1. The van der Waals surface area contributed by atoms with Crippen molar-refractivity contribution in [2.75, 3.05) is 17.4 Å². The molecule has 45 heavy (non-hydrogen) atoms. The molecule has 0 unspecified atom stereocenters. The van der Waals surface area contributed by atoms with Gasteiger partial charge in [0.25, 0.3) is 10.0 Å². The van der Waals surface area contributed by atoms with E-state index in [2.05, 4.69) is 5.32 Å². The lowest BCUT2D eigenvalue weighted by Gasteiger charge is -2.34. The number of hydrogen-bond acceptors (Lipinski definition) is 4. The van der Waals surface area contributed by atoms with Gasteiger partial charge in [0.1, 0.15) is 18.4 Å².